The maximum absolute atomic E-state index is 13.7. The van der Waals surface area contributed by atoms with Gasteiger partial charge in [-0.3, -0.25) is 4.79 Å². The summed E-state index contributed by atoms with van der Waals surface area (Å²) in [6.45, 7) is 0.605. The Morgan fingerprint density at radius 2 is 2.23 bits per heavy atom. The molecule has 0 spiro atoms. The van der Waals surface area contributed by atoms with Gasteiger partial charge in [0.15, 0.2) is 9.84 Å². The molecule has 0 radical (unpaired) electrons. The van der Waals surface area contributed by atoms with Crippen LogP contribution in [0.15, 0.2) is 18.5 Å². The lowest BCUT2D eigenvalue weighted by Gasteiger charge is -2.31. The molecule has 3 rings (SSSR count). The number of aromatic nitrogens is 2. The number of carbonyl (C=O) groups is 1. The number of fused-ring (bicyclic) bond motifs is 1. The van der Waals surface area contributed by atoms with E-state index in [1.165, 1.54) is 23.5 Å². The molecule has 1 N–H and O–H groups in total. The van der Waals surface area contributed by atoms with Gasteiger partial charge in [-0.2, -0.15) is 0 Å². The molecular formula is C14H16FN3O3S. The van der Waals surface area contributed by atoms with Crippen molar-refractivity contribution in [3.63, 3.8) is 0 Å². The third-order valence-electron chi connectivity index (χ3n) is 3.99. The second-order valence-corrected chi connectivity index (χ2v) is 7.92. The molecule has 0 bridgehead atoms. The van der Waals surface area contributed by atoms with E-state index in [0.29, 0.717) is 30.4 Å². The summed E-state index contributed by atoms with van der Waals surface area (Å²) in [4.78, 5) is 20.9. The number of likely N-dealkylation sites (tertiary alicyclic amines) is 1. The maximum Gasteiger partial charge on any atom is 0.256 e. The highest BCUT2D eigenvalue weighted by Gasteiger charge is 2.31. The lowest BCUT2D eigenvalue weighted by molar-refractivity contribution is 0.0728. The van der Waals surface area contributed by atoms with Gasteiger partial charge in [-0.1, -0.05) is 0 Å². The van der Waals surface area contributed by atoms with Crippen LogP contribution in [0, 0.1) is 5.82 Å². The van der Waals surface area contributed by atoms with Crippen molar-refractivity contribution >= 4 is 26.8 Å². The molecule has 118 valence electrons. The van der Waals surface area contributed by atoms with Gasteiger partial charge in [0.05, 0.1) is 22.7 Å². The quantitative estimate of drug-likeness (QED) is 0.903. The van der Waals surface area contributed by atoms with Crippen LogP contribution in [-0.4, -0.2) is 53.8 Å². The highest BCUT2D eigenvalue weighted by molar-refractivity contribution is 7.91. The van der Waals surface area contributed by atoms with Crippen molar-refractivity contribution in [1.82, 2.24) is 14.9 Å². The first-order valence-corrected chi connectivity index (χ1v) is 8.92. The van der Waals surface area contributed by atoms with E-state index in [-0.39, 0.29) is 18.0 Å². The summed E-state index contributed by atoms with van der Waals surface area (Å²) in [6.07, 6.45) is 3.74. The number of carbonyl (C=O) groups excluding carboxylic acids is 1. The standard InChI is InChI=1S/C14H16FN3O3S/c1-22(20,21)10-3-2-4-18(7-10)14(19)11-5-9(15)6-12-13(11)17-8-16-12/h5-6,8,10H,2-4,7H2,1H3,(H,16,17). The fourth-order valence-corrected chi connectivity index (χ4v) is 3.87. The van der Waals surface area contributed by atoms with Crippen molar-refractivity contribution in [1.29, 1.82) is 0 Å². The Balaban J connectivity index is 1.94. The molecular weight excluding hydrogens is 309 g/mol. The molecule has 1 aromatic carbocycles. The zero-order valence-corrected chi connectivity index (χ0v) is 12.9. The Bertz CT molecular complexity index is 831. The molecule has 1 unspecified atom stereocenters. The van der Waals surface area contributed by atoms with Gasteiger partial charge in [0.25, 0.3) is 5.91 Å². The van der Waals surface area contributed by atoms with Crippen LogP contribution in [0.25, 0.3) is 11.0 Å². The third kappa shape index (κ3) is 2.70. The topological polar surface area (TPSA) is 83.1 Å². The molecule has 1 atom stereocenters. The Labute approximate surface area is 127 Å². The van der Waals surface area contributed by atoms with Crippen LogP contribution in [0.4, 0.5) is 4.39 Å². The molecule has 0 aliphatic carbocycles. The second-order valence-electron chi connectivity index (χ2n) is 5.60. The summed E-state index contributed by atoms with van der Waals surface area (Å²) in [5.41, 5.74) is 0.998. The van der Waals surface area contributed by atoms with Gasteiger partial charge in [0.1, 0.15) is 11.3 Å². The van der Waals surface area contributed by atoms with Crippen LogP contribution in [0.1, 0.15) is 23.2 Å². The molecule has 22 heavy (non-hydrogen) atoms. The summed E-state index contributed by atoms with van der Waals surface area (Å²) in [5, 5.41) is -0.562. The molecule has 1 saturated heterocycles. The number of nitrogens with one attached hydrogen (secondary N) is 1. The van der Waals surface area contributed by atoms with Crippen LogP contribution >= 0.6 is 0 Å². The molecule has 2 aromatic rings. The van der Waals surface area contributed by atoms with Crippen molar-refractivity contribution in [3.05, 3.63) is 29.8 Å². The first kappa shape index (κ1) is 15.0. The first-order chi connectivity index (χ1) is 10.4. The third-order valence-corrected chi connectivity index (χ3v) is 5.59. The number of nitrogens with zero attached hydrogens (tertiary/aromatic N) is 2. The van der Waals surface area contributed by atoms with E-state index in [1.54, 1.807) is 0 Å². The van der Waals surface area contributed by atoms with Crippen molar-refractivity contribution in [2.24, 2.45) is 0 Å². The average molecular weight is 325 g/mol. The van der Waals surface area contributed by atoms with Crippen molar-refractivity contribution in [2.75, 3.05) is 19.3 Å². The summed E-state index contributed by atoms with van der Waals surface area (Å²) in [7, 11) is -3.20. The van der Waals surface area contributed by atoms with Gasteiger partial charge in [-0.15, -0.1) is 0 Å². The highest BCUT2D eigenvalue weighted by atomic mass is 32.2. The number of benzene rings is 1. The molecule has 1 aliphatic rings. The van der Waals surface area contributed by atoms with E-state index < -0.39 is 20.9 Å². The van der Waals surface area contributed by atoms with Crippen LogP contribution < -0.4 is 0 Å². The molecule has 1 fully saturated rings. The maximum atomic E-state index is 13.7. The zero-order valence-electron chi connectivity index (χ0n) is 12.0. The average Bonchev–Trinajstić information content (AvgIpc) is 2.93. The number of piperidine rings is 1. The number of hydrogen-bond acceptors (Lipinski definition) is 4. The highest BCUT2D eigenvalue weighted by Crippen LogP contribution is 2.22. The first-order valence-electron chi connectivity index (χ1n) is 6.97. The largest absolute Gasteiger partial charge is 0.344 e. The van der Waals surface area contributed by atoms with Gasteiger partial charge in [-0.05, 0) is 25.0 Å². The molecule has 2 heterocycles. The lowest BCUT2D eigenvalue weighted by atomic mass is 10.1. The van der Waals surface area contributed by atoms with Crippen molar-refractivity contribution < 1.29 is 17.6 Å². The fraction of sp³-hybridized carbons (Fsp3) is 0.429. The van der Waals surface area contributed by atoms with E-state index in [9.17, 15) is 17.6 Å². The number of hydrogen-bond donors (Lipinski definition) is 1. The number of rotatable bonds is 2. The van der Waals surface area contributed by atoms with Gasteiger partial charge >= 0.3 is 0 Å². The van der Waals surface area contributed by atoms with Crippen LogP contribution in [0.5, 0.6) is 0 Å². The summed E-state index contributed by atoms with van der Waals surface area (Å²) >= 11 is 0. The number of imidazole rings is 1. The SMILES string of the molecule is CS(=O)(=O)C1CCCN(C(=O)c2cc(F)cc3[nH]cnc23)C1. The molecule has 6 nitrogen and oxygen atoms in total. The van der Waals surface area contributed by atoms with E-state index in [2.05, 4.69) is 9.97 Å². The minimum absolute atomic E-state index is 0.139. The van der Waals surface area contributed by atoms with Crippen LogP contribution in [0.3, 0.4) is 0 Å². The summed E-state index contributed by atoms with van der Waals surface area (Å²) in [6, 6.07) is 2.42. The smallest absolute Gasteiger partial charge is 0.256 e. The van der Waals surface area contributed by atoms with Gasteiger partial charge < -0.3 is 9.88 Å². The Hall–Kier alpha value is -1.96. The monoisotopic (exact) mass is 325 g/mol. The number of sulfone groups is 1. The molecule has 1 amide bonds. The predicted molar refractivity (Wildman–Crippen MR) is 79.8 cm³/mol. The molecule has 1 aromatic heterocycles. The number of halogens is 1. The number of H-pyrrole nitrogens is 1. The van der Waals surface area contributed by atoms with Gasteiger partial charge in [0.2, 0.25) is 0 Å². The Kier molecular flexibility index (Phi) is 3.64. The number of amides is 1. The van der Waals surface area contributed by atoms with Gasteiger partial charge in [0, 0.05) is 19.3 Å². The second kappa shape index (κ2) is 5.35. The van der Waals surface area contributed by atoms with E-state index in [1.807, 2.05) is 0 Å². The van der Waals surface area contributed by atoms with E-state index >= 15 is 0 Å². The number of aromatic amines is 1. The predicted octanol–water partition coefficient (Wildman–Crippen LogP) is 1.35. The van der Waals surface area contributed by atoms with E-state index in [4.69, 9.17) is 0 Å². The van der Waals surface area contributed by atoms with Crippen molar-refractivity contribution in [3.8, 4) is 0 Å². The lowest BCUT2D eigenvalue weighted by Crippen LogP contribution is -2.45. The zero-order chi connectivity index (χ0) is 15.9. The Morgan fingerprint density at radius 3 is 2.95 bits per heavy atom. The Morgan fingerprint density at radius 1 is 1.45 bits per heavy atom. The van der Waals surface area contributed by atoms with Crippen LogP contribution in [0.2, 0.25) is 0 Å². The summed E-state index contributed by atoms with van der Waals surface area (Å²) < 4.78 is 37.1. The summed E-state index contributed by atoms with van der Waals surface area (Å²) in [5.74, 6) is -0.915. The molecule has 1 aliphatic heterocycles. The molecule has 0 saturated carbocycles. The van der Waals surface area contributed by atoms with Crippen molar-refractivity contribution in [2.45, 2.75) is 18.1 Å². The minimum atomic E-state index is -3.20. The van der Waals surface area contributed by atoms with Crippen LogP contribution in [-0.2, 0) is 9.84 Å². The minimum Gasteiger partial charge on any atom is -0.344 e. The molecule has 8 heteroatoms. The normalized spacial score (nSPS) is 19.5. The van der Waals surface area contributed by atoms with Gasteiger partial charge in [-0.25, -0.2) is 17.8 Å². The fourth-order valence-electron chi connectivity index (χ4n) is 2.82. The van der Waals surface area contributed by atoms with E-state index in [0.717, 1.165) is 6.07 Å².